The SMILES string of the molecule is CCNCc1ncnn1CCC(C)(C)OC. The summed E-state index contributed by atoms with van der Waals surface area (Å²) in [6.07, 6.45) is 2.53. The maximum absolute atomic E-state index is 5.38. The van der Waals surface area contributed by atoms with E-state index in [9.17, 15) is 0 Å². The van der Waals surface area contributed by atoms with Gasteiger partial charge in [-0.15, -0.1) is 0 Å². The minimum atomic E-state index is -0.110. The van der Waals surface area contributed by atoms with E-state index in [1.807, 2.05) is 4.68 Å². The summed E-state index contributed by atoms with van der Waals surface area (Å²) < 4.78 is 7.31. The van der Waals surface area contributed by atoms with Gasteiger partial charge in [-0.25, -0.2) is 9.67 Å². The van der Waals surface area contributed by atoms with E-state index in [2.05, 4.69) is 36.2 Å². The van der Waals surface area contributed by atoms with Crippen molar-refractivity contribution in [1.82, 2.24) is 20.1 Å². The van der Waals surface area contributed by atoms with Crippen LogP contribution in [0.25, 0.3) is 0 Å². The lowest BCUT2D eigenvalue weighted by Crippen LogP contribution is -2.26. The molecule has 16 heavy (non-hydrogen) atoms. The molecule has 0 aliphatic rings. The van der Waals surface area contributed by atoms with Crippen molar-refractivity contribution in [1.29, 1.82) is 0 Å². The minimum Gasteiger partial charge on any atom is -0.379 e. The zero-order valence-corrected chi connectivity index (χ0v) is 10.7. The normalized spacial score (nSPS) is 12.0. The summed E-state index contributed by atoms with van der Waals surface area (Å²) in [4.78, 5) is 4.23. The van der Waals surface area contributed by atoms with Gasteiger partial charge in [0, 0.05) is 13.7 Å². The topological polar surface area (TPSA) is 52.0 Å². The average molecular weight is 226 g/mol. The summed E-state index contributed by atoms with van der Waals surface area (Å²) in [7, 11) is 1.74. The lowest BCUT2D eigenvalue weighted by atomic mass is 10.1. The lowest BCUT2D eigenvalue weighted by molar-refractivity contribution is 0.0111. The van der Waals surface area contributed by atoms with Crippen LogP contribution >= 0.6 is 0 Å². The first-order chi connectivity index (χ1) is 7.59. The molecule has 0 amide bonds. The summed E-state index contributed by atoms with van der Waals surface area (Å²) in [5.41, 5.74) is -0.110. The fraction of sp³-hybridized carbons (Fsp3) is 0.818. The number of ether oxygens (including phenoxy) is 1. The smallest absolute Gasteiger partial charge is 0.140 e. The van der Waals surface area contributed by atoms with Gasteiger partial charge in [-0.2, -0.15) is 5.10 Å². The molecule has 1 N–H and O–H groups in total. The van der Waals surface area contributed by atoms with Gasteiger partial charge < -0.3 is 10.1 Å². The molecule has 0 saturated carbocycles. The second-order valence-electron chi connectivity index (χ2n) is 4.39. The molecule has 1 rings (SSSR count). The van der Waals surface area contributed by atoms with E-state index in [1.54, 1.807) is 13.4 Å². The third-order valence-corrected chi connectivity index (χ3v) is 2.71. The Morgan fingerprint density at radius 3 is 2.88 bits per heavy atom. The van der Waals surface area contributed by atoms with Crippen molar-refractivity contribution in [2.75, 3.05) is 13.7 Å². The summed E-state index contributed by atoms with van der Waals surface area (Å²) in [6.45, 7) is 8.78. The largest absolute Gasteiger partial charge is 0.379 e. The highest BCUT2D eigenvalue weighted by molar-refractivity contribution is 4.84. The molecule has 0 fully saturated rings. The van der Waals surface area contributed by atoms with E-state index in [4.69, 9.17) is 4.74 Å². The number of rotatable bonds is 7. The van der Waals surface area contributed by atoms with Crippen molar-refractivity contribution in [3.8, 4) is 0 Å². The molecule has 0 bridgehead atoms. The summed E-state index contributed by atoms with van der Waals surface area (Å²) >= 11 is 0. The molecule has 1 aromatic rings. The van der Waals surface area contributed by atoms with Gasteiger partial charge in [0.2, 0.25) is 0 Å². The molecule has 0 unspecified atom stereocenters. The molecule has 1 heterocycles. The van der Waals surface area contributed by atoms with Crippen molar-refractivity contribution in [3.63, 3.8) is 0 Å². The van der Waals surface area contributed by atoms with Gasteiger partial charge in [0.1, 0.15) is 12.2 Å². The van der Waals surface area contributed by atoms with Crippen LogP contribution in [0.4, 0.5) is 0 Å². The van der Waals surface area contributed by atoms with Crippen LogP contribution in [0, 0.1) is 0 Å². The third kappa shape index (κ3) is 3.90. The highest BCUT2D eigenvalue weighted by Gasteiger charge is 2.17. The van der Waals surface area contributed by atoms with Crippen molar-refractivity contribution in [2.24, 2.45) is 0 Å². The maximum atomic E-state index is 5.38. The molecule has 0 aliphatic heterocycles. The highest BCUT2D eigenvalue weighted by atomic mass is 16.5. The molecule has 0 radical (unpaired) electrons. The molecule has 1 aromatic heterocycles. The van der Waals surface area contributed by atoms with Crippen LogP contribution in [-0.4, -0.2) is 34.0 Å². The Morgan fingerprint density at radius 1 is 1.50 bits per heavy atom. The van der Waals surface area contributed by atoms with Gasteiger partial charge in [0.15, 0.2) is 0 Å². The lowest BCUT2D eigenvalue weighted by Gasteiger charge is -2.22. The predicted octanol–water partition coefficient (Wildman–Crippen LogP) is 1.20. The van der Waals surface area contributed by atoms with Gasteiger partial charge in [0.05, 0.1) is 12.1 Å². The Morgan fingerprint density at radius 2 is 2.25 bits per heavy atom. The quantitative estimate of drug-likeness (QED) is 0.759. The van der Waals surface area contributed by atoms with E-state index in [-0.39, 0.29) is 5.60 Å². The van der Waals surface area contributed by atoms with Crippen LogP contribution in [0.5, 0.6) is 0 Å². The second kappa shape index (κ2) is 5.96. The number of aryl methyl sites for hydroxylation is 1. The number of hydrogen-bond acceptors (Lipinski definition) is 4. The Labute approximate surface area is 97.2 Å². The number of aromatic nitrogens is 3. The fourth-order valence-electron chi connectivity index (χ4n) is 1.33. The van der Waals surface area contributed by atoms with Gasteiger partial charge in [0.25, 0.3) is 0 Å². The zero-order chi connectivity index (χ0) is 12.0. The van der Waals surface area contributed by atoms with Crippen molar-refractivity contribution < 1.29 is 4.74 Å². The summed E-state index contributed by atoms with van der Waals surface area (Å²) in [6, 6.07) is 0. The molecule has 0 saturated heterocycles. The second-order valence-corrected chi connectivity index (χ2v) is 4.39. The first-order valence-corrected chi connectivity index (χ1v) is 5.71. The third-order valence-electron chi connectivity index (χ3n) is 2.71. The zero-order valence-electron chi connectivity index (χ0n) is 10.7. The van der Waals surface area contributed by atoms with Crippen LogP contribution in [-0.2, 0) is 17.8 Å². The first-order valence-electron chi connectivity index (χ1n) is 5.71. The minimum absolute atomic E-state index is 0.110. The molecular formula is C11H22N4O. The van der Waals surface area contributed by atoms with E-state index >= 15 is 0 Å². The number of nitrogens with zero attached hydrogens (tertiary/aromatic N) is 3. The molecule has 0 aliphatic carbocycles. The molecule has 5 nitrogen and oxygen atoms in total. The molecule has 0 aromatic carbocycles. The number of nitrogens with one attached hydrogen (secondary N) is 1. The molecule has 0 atom stereocenters. The molecule has 5 heteroatoms. The number of methoxy groups -OCH3 is 1. The molecule has 92 valence electrons. The Balaban J connectivity index is 2.50. The van der Waals surface area contributed by atoms with E-state index in [0.29, 0.717) is 0 Å². The summed E-state index contributed by atoms with van der Waals surface area (Å²) in [5.74, 6) is 0.980. The Bertz CT molecular complexity index is 309. The van der Waals surface area contributed by atoms with Crippen LogP contribution in [0.1, 0.15) is 33.0 Å². The molecular weight excluding hydrogens is 204 g/mol. The monoisotopic (exact) mass is 226 g/mol. The van der Waals surface area contributed by atoms with Crippen molar-refractivity contribution in [3.05, 3.63) is 12.2 Å². The van der Waals surface area contributed by atoms with Crippen LogP contribution in [0.15, 0.2) is 6.33 Å². The predicted molar refractivity (Wildman–Crippen MR) is 63.1 cm³/mol. The van der Waals surface area contributed by atoms with Gasteiger partial charge >= 0.3 is 0 Å². The van der Waals surface area contributed by atoms with E-state index < -0.39 is 0 Å². The van der Waals surface area contributed by atoms with E-state index in [0.717, 1.165) is 31.9 Å². The van der Waals surface area contributed by atoms with Crippen molar-refractivity contribution >= 4 is 0 Å². The van der Waals surface area contributed by atoms with Gasteiger partial charge in [-0.1, -0.05) is 6.92 Å². The van der Waals surface area contributed by atoms with E-state index in [1.165, 1.54) is 0 Å². The highest BCUT2D eigenvalue weighted by Crippen LogP contribution is 2.14. The maximum Gasteiger partial charge on any atom is 0.140 e. The summed E-state index contributed by atoms with van der Waals surface area (Å²) in [5, 5.41) is 7.46. The fourth-order valence-corrected chi connectivity index (χ4v) is 1.33. The van der Waals surface area contributed by atoms with Crippen LogP contribution in [0.2, 0.25) is 0 Å². The van der Waals surface area contributed by atoms with Crippen molar-refractivity contribution in [2.45, 2.75) is 45.9 Å². The standard InChI is InChI=1S/C11H22N4O/c1-5-12-8-10-13-9-14-15(10)7-6-11(2,3)16-4/h9,12H,5-8H2,1-4H3. The van der Waals surface area contributed by atoms with Gasteiger partial charge in [-0.05, 0) is 26.8 Å². The Hall–Kier alpha value is -0.940. The van der Waals surface area contributed by atoms with Gasteiger partial charge in [-0.3, -0.25) is 0 Å². The molecule has 0 spiro atoms. The Kier molecular flexibility index (Phi) is 4.89. The number of hydrogen-bond donors (Lipinski definition) is 1. The van der Waals surface area contributed by atoms with Crippen LogP contribution < -0.4 is 5.32 Å². The van der Waals surface area contributed by atoms with Crippen LogP contribution in [0.3, 0.4) is 0 Å². The average Bonchev–Trinajstić information content (AvgIpc) is 2.71. The first kappa shape index (κ1) is 13.1.